The Labute approximate surface area is 256 Å². The van der Waals surface area contributed by atoms with Gasteiger partial charge in [-0.25, -0.2) is 4.39 Å². The molecule has 240 valence electrons. The monoisotopic (exact) mass is 635 g/mol. The number of amides is 2. The third-order valence-electron chi connectivity index (χ3n) is 8.91. The van der Waals surface area contributed by atoms with Crippen molar-refractivity contribution in [2.45, 2.75) is 62.5 Å². The number of nitrogens with zero attached hydrogens (tertiary/aromatic N) is 2. The van der Waals surface area contributed by atoms with Crippen molar-refractivity contribution in [3.63, 3.8) is 0 Å². The van der Waals surface area contributed by atoms with E-state index in [2.05, 4.69) is 10.2 Å². The molecule has 1 aliphatic carbocycles. The molecule has 2 amide bonds. The van der Waals surface area contributed by atoms with Crippen LogP contribution in [0.25, 0.3) is 0 Å². The largest absolute Gasteiger partial charge is 0.416 e. The van der Waals surface area contributed by atoms with Crippen LogP contribution < -0.4 is 10.2 Å². The van der Waals surface area contributed by atoms with E-state index in [9.17, 15) is 40.3 Å². The van der Waals surface area contributed by atoms with Crippen LogP contribution in [0.2, 0.25) is 0 Å². The topological polar surface area (TPSA) is 52.7 Å². The summed E-state index contributed by atoms with van der Waals surface area (Å²) in [6.45, 7) is 2.48. The van der Waals surface area contributed by atoms with Gasteiger partial charge in [-0.3, -0.25) is 14.5 Å². The van der Waals surface area contributed by atoms with Crippen molar-refractivity contribution < 1.29 is 40.3 Å². The Bertz CT molecular complexity index is 1480. The fourth-order valence-electron chi connectivity index (χ4n) is 6.33. The zero-order valence-electron chi connectivity index (χ0n) is 24.4. The fraction of sp³-hybridized carbons (Fsp3) is 0.394. The van der Waals surface area contributed by atoms with Gasteiger partial charge in [-0.15, -0.1) is 0 Å². The molecule has 45 heavy (non-hydrogen) atoms. The average molecular weight is 636 g/mol. The van der Waals surface area contributed by atoms with Gasteiger partial charge in [-0.2, -0.15) is 26.3 Å². The molecule has 3 aromatic carbocycles. The van der Waals surface area contributed by atoms with Crippen LogP contribution in [-0.2, 0) is 27.5 Å². The molecule has 0 radical (unpaired) electrons. The second kappa shape index (κ2) is 12.5. The number of nitrogens with one attached hydrogen (secondary N) is 1. The molecule has 1 atom stereocenters. The normalized spacial score (nSPS) is 22.3. The molecule has 1 saturated carbocycles. The van der Waals surface area contributed by atoms with Gasteiger partial charge in [0.2, 0.25) is 11.8 Å². The van der Waals surface area contributed by atoms with Crippen molar-refractivity contribution in [1.82, 2.24) is 10.2 Å². The standard InChI is InChI=1S/C33H32F7N3O2/c1-21(22-17-24(32(35,36)37)19-25(18-22)33(38,39)40)30(45)41-31(23-5-3-2-4-6-23)13-11-27(12-14-31)42-15-16-43(29(44)20-42)28-9-7-26(34)8-10-28/h2-10,17-19,21,27H,11-16,20H2,1H3,(H,41,45). The number of anilines is 1. The third kappa shape index (κ3) is 7.16. The molecule has 2 aliphatic rings. The Balaban J connectivity index is 1.32. The number of hydrogen-bond acceptors (Lipinski definition) is 3. The highest BCUT2D eigenvalue weighted by atomic mass is 19.4. The van der Waals surface area contributed by atoms with Crippen LogP contribution in [0.15, 0.2) is 72.8 Å². The first kappa shape index (κ1) is 32.5. The highest BCUT2D eigenvalue weighted by Crippen LogP contribution is 2.41. The highest BCUT2D eigenvalue weighted by molar-refractivity contribution is 5.95. The van der Waals surface area contributed by atoms with E-state index in [1.54, 1.807) is 35.2 Å². The second-order valence-corrected chi connectivity index (χ2v) is 11.7. The minimum Gasteiger partial charge on any atom is -0.346 e. The molecule has 5 nitrogen and oxygen atoms in total. The first-order chi connectivity index (χ1) is 21.2. The number of carbonyl (C=O) groups excluding carboxylic acids is 2. The quantitative estimate of drug-likeness (QED) is 0.290. The molecule has 0 aromatic heterocycles. The summed E-state index contributed by atoms with van der Waals surface area (Å²) < 4.78 is 94.2. The van der Waals surface area contributed by atoms with E-state index in [1.807, 2.05) is 12.1 Å². The van der Waals surface area contributed by atoms with E-state index in [1.165, 1.54) is 19.1 Å². The van der Waals surface area contributed by atoms with E-state index in [-0.39, 0.29) is 30.1 Å². The predicted molar refractivity (Wildman–Crippen MR) is 154 cm³/mol. The van der Waals surface area contributed by atoms with E-state index < -0.39 is 46.7 Å². The van der Waals surface area contributed by atoms with Crippen molar-refractivity contribution in [3.05, 3.63) is 101 Å². The lowest BCUT2D eigenvalue weighted by molar-refractivity contribution is -0.143. The van der Waals surface area contributed by atoms with Crippen LogP contribution in [0.1, 0.15) is 60.8 Å². The molecule has 5 rings (SSSR count). The molecule has 1 heterocycles. The van der Waals surface area contributed by atoms with Gasteiger partial charge in [0.05, 0.1) is 29.1 Å². The Kier molecular flexibility index (Phi) is 8.99. The van der Waals surface area contributed by atoms with Gasteiger partial charge in [-0.1, -0.05) is 30.3 Å². The van der Waals surface area contributed by atoms with E-state index >= 15 is 0 Å². The van der Waals surface area contributed by atoms with Crippen LogP contribution in [-0.4, -0.2) is 42.4 Å². The molecule has 3 aromatic rings. The molecule has 0 bridgehead atoms. The van der Waals surface area contributed by atoms with Crippen molar-refractivity contribution >= 4 is 17.5 Å². The Hall–Kier alpha value is -3.93. The van der Waals surface area contributed by atoms with E-state index in [4.69, 9.17) is 0 Å². The summed E-state index contributed by atoms with van der Waals surface area (Å²) in [7, 11) is 0. The summed E-state index contributed by atoms with van der Waals surface area (Å²) in [5.74, 6) is -2.50. The Morgan fingerprint density at radius 1 is 0.867 bits per heavy atom. The summed E-state index contributed by atoms with van der Waals surface area (Å²) in [6.07, 6.45) is -7.97. The molecule has 1 N–H and O–H groups in total. The van der Waals surface area contributed by atoms with Crippen LogP contribution in [0.3, 0.4) is 0 Å². The van der Waals surface area contributed by atoms with Gasteiger partial charge in [-0.05, 0) is 86.2 Å². The average Bonchev–Trinajstić information content (AvgIpc) is 3.01. The zero-order chi connectivity index (χ0) is 32.6. The first-order valence-electron chi connectivity index (χ1n) is 14.6. The van der Waals surface area contributed by atoms with Crippen LogP contribution in [0.4, 0.5) is 36.4 Å². The summed E-state index contributed by atoms with van der Waals surface area (Å²) in [6, 6.07) is 16.1. The van der Waals surface area contributed by atoms with Crippen LogP contribution in [0.5, 0.6) is 0 Å². The van der Waals surface area contributed by atoms with Crippen molar-refractivity contribution in [3.8, 4) is 0 Å². The highest BCUT2D eigenvalue weighted by Gasteiger charge is 2.42. The predicted octanol–water partition coefficient (Wildman–Crippen LogP) is 7.27. The number of carbonyl (C=O) groups is 2. The van der Waals surface area contributed by atoms with Gasteiger partial charge in [0.25, 0.3) is 0 Å². The molecule has 2 fully saturated rings. The van der Waals surface area contributed by atoms with Gasteiger partial charge >= 0.3 is 12.4 Å². The lowest BCUT2D eigenvalue weighted by Crippen LogP contribution is -2.57. The number of benzene rings is 3. The van der Waals surface area contributed by atoms with Crippen molar-refractivity contribution in [2.24, 2.45) is 0 Å². The SMILES string of the molecule is CC(C(=O)NC1(c2ccccc2)CCC(N2CCN(c3ccc(F)cc3)C(=O)C2)CC1)c1cc(C(F)(F)F)cc(C(F)(F)F)c1. The lowest BCUT2D eigenvalue weighted by atomic mass is 9.74. The molecule has 0 spiro atoms. The summed E-state index contributed by atoms with van der Waals surface area (Å²) >= 11 is 0. The van der Waals surface area contributed by atoms with E-state index in [0.29, 0.717) is 56.6 Å². The molecule has 1 saturated heterocycles. The number of alkyl halides is 6. The maximum absolute atomic E-state index is 13.6. The lowest BCUT2D eigenvalue weighted by Gasteiger charge is -2.46. The maximum atomic E-state index is 13.6. The third-order valence-corrected chi connectivity index (χ3v) is 8.91. The van der Waals surface area contributed by atoms with Crippen LogP contribution in [0, 0.1) is 5.82 Å². The molecule has 12 heteroatoms. The first-order valence-corrected chi connectivity index (χ1v) is 14.6. The summed E-state index contributed by atoms with van der Waals surface area (Å²) in [5.41, 5.74) is -2.84. The van der Waals surface area contributed by atoms with Gasteiger partial charge < -0.3 is 10.2 Å². The smallest absolute Gasteiger partial charge is 0.346 e. The zero-order valence-corrected chi connectivity index (χ0v) is 24.4. The Morgan fingerprint density at radius 3 is 1.98 bits per heavy atom. The van der Waals surface area contributed by atoms with Gasteiger partial charge in [0, 0.05) is 24.8 Å². The van der Waals surface area contributed by atoms with Gasteiger partial charge in [0.1, 0.15) is 5.82 Å². The minimum absolute atomic E-state index is 0.0216. The number of hydrogen-bond donors (Lipinski definition) is 1. The molecular formula is C33H32F7N3O2. The van der Waals surface area contributed by atoms with Crippen molar-refractivity contribution in [2.75, 3.05) is 24.5 Å². The number of piperazine rings is 1. The van der Waals surface area contributed by atoms with Crippen LogP contribution >= 0.6 is 0 Å². The second-order valence-electron chi connectivity index (χ2n) is 11.7. The van der Waals surface area contributed by atoms with E-state index in [0.717, 1.165) is 5.56 Å². The minimum atomic E-state index is -5.03. The molecule has 1 aliphatic heterocycles. The molecular weight excluding hydrogens is 603 g/mol. The van der Waals surface area contributed by atoms with Gasteiger partial charge in [0.15, 0.2) is 0 Å². The Morgan fingerprint density at radius 2 is 1.44 bits per heavy atom. The number of rotatable bonds is 6. The maximum Gasteiger partial charge on any atom is 0.416 e. The fourth-order valence-corrected chi connectivity index (χ4v) is 6.33. The van der Waals surface area contributed by atoms with Crippen molar-refractivity contribution in [1.29, 1.82) is 0 Å². The summed E-state index contributed by atoms with van der Waals surface area (Å²) in [5, 5.41) is 3.00. The molecule has 1 unspecified atom stereocenters. The summed E-state index contributed by atoms with van der Waals surface area (Å²) in [4.78, 5) is 30.3. The number of halogens is 7.